The molecule has 0 amide bonds. The van der Waals surface area contributed by atoms with Crippen LogP contribution in [-0.2, 0) is 6.54 Å². The van der Waals surface area contributed by atoms with Crippen molar-refractivity contribution in [3.8, 4) is 0 Å². The Morgan fingerprint density at radius 2 is 2.21 bits per heavy atom. The monoisotopic (exact) mass is 262 g/mol. The van der Waals surface area contributed by atoms with Gasteiger partial charge >= 0.3 is 5.97 Å². The van der Waals surface area contributed by atoms with Crippen LogP contribution >= 0.6 is 0 Å². The van der Waals surface area contributed by atoms with Crippen LogP contribution in [0.3, 0.4) is 0 Å². The SMILES string of the molecule is CN1CCCCC1CNCc1ccccc1C(=O)O. The molecule has 1 unspecified atom stereocenters. The summed E-state index contributed by atoms with van der Waals surface area (Å²) in [6.45, 7) is 2.70. The van der Waals surface area contributed by atoms with Crippen molar-refractivity contribution in [3.63, 3.8) is 0 Å². The van der Waals surface area contributed by atoms with Crippen LogP contribution in [-0.4, -0.2) is 42.2 Å². The number of benzene rings is 1. The molecule has 0 aliphatic carbocycles. The van der Waals surface area contributed by atoms with Crippen molar-refractivity contribution in [1.29, 1.82) is 0 Å². The second-order valence-corrected chi connectivity index (χ2v) is 5.22. The van der Waals surface area contributed by atoms with Gasteiger partial charge in [0, 0.05) is 19.1 Å². The Kier molecular flexibility index (Phi) is 4.93. The van der Waals surface area contributed by atoms with Gasteiger partial charge in [0.1, 0.15) is 0 Å². The fraction of sp³-hybridized carbons (Fsp3) is 0.533. The minimum Gasteiger partial charge on any atom is -0.478 e. The molecule has 1 aromatic rings. The van der Waals surface area contributed by atoms with E-state index in [2.05, 4.69) is 17.3 Å². The van der Waals surface area contributed by atoms with Gasteiger partial charge in [-0.15, -0.1) is 0 Å². The van der Waals surface area contributed by atoms with Crippen molar-refractivity contribution < 1.29 is 9.90 Å². The Balaban J connectivity index is 1.87. The van der Waals surface area contributed by atoms with Gasteiger partial charge in [0.2, 0.25) is 0 Å². The van der Waals surface area contributed by atoms with E-state index in [0.29, 0.717) is 18.2 Å². The Labute approximate surface area is 114 Å². The molecule has 1 fully saturated rings. The van der Waals surface area contributed by atoms with Crippen molar-refractivity contribution in [1.82, 2.24) is 10.2 Å². The summed E-state index contributed by atoms with van der Waals surface area (Å²) in [4.78, 5) is 13.5. The number of rotatable bonds is 5. The zero-order valence-electron chi connectivity index (χ0n) is 11.4. The number of piperidine rings is 1. The smallest absolute Gasteiger partial charge is 0.336 e. The Bertz CT molecular complexity index is 434. The van der Waals surface area contributed by atoms with Crippen molar-refractivity contribution >= 4 is 5.97 Å². The van der Waals surface area contributed by atoms with E-state index in [4.69, 9.17) is 5.11 Å². The molecule has 19 heavy (non-hydrogen) atoms. The second kappa shape index (κ2) is 6.68. The van der Waals surface area contributed by atoms with Gasteiger partial charge in [-0.3, -0.25) is 0 Å². The van der Waals surface area contributed by atoms with Gasteiger partial charge < -0.3 is 15.3 Å². The largest absolute Gasteiger partial charge is 0.478 e. The molecule has 4 nitrogen and oxygen atoms in total. The molecule has 0 saturated carbocycles. The Morgan fingerprint density at radius 1 is 1.42 bits per heavy atom. The first-order valence-corrected chi connectivity index (χ1v) is 6.90. The molecule has 1 aliphatic heterocycles. The van der Waals surface area contributed by atoms with Crippen molar-refractivity contribution in [2.24, 2.45) is 0 Å². The predicted octanol–water partition coefficient (Wildman–Crippen LogP) is 1.96. The van der Waals surface area contributed by atoms with Gasteiger partial charge in [0.25, 0.3) is 0 Å². The third-order valence-corrected chi connectivity index (χ3v) is 3.86. The molecule has 0 aromatic heterocycles. The maximum Gasteiger partial charge on any atom is 0.336 e. The third kappa shape index (κ3) is 3.78. The number of likely N-dealkylation sites (tertiary alicyclic amines) is 1. The summed E-state index contributed by atoms with van der Waals surface area (Å²) < 4.78 is 0. The first-order chi connectivity index (χ1) is 9.18. The second-order valence-electron chi connectivity index (χ2n) is 5.22. The molecule has 0 bridgehead atoms. The summed E-state index contributed by atoms with van der Waals surface area (Å²) in [5.41, 5.74) is 1.25. The molecule has 104 valence electrons. The van der Waals surface area contributed by atoms with E-state index in [1.807, 2.05) is 12.1 Å². The van der Waals surface area contributed by atoms with E-state index in [-0.39, 0.29) is 0 Å². The van der Waals surface area contributed by atoms with Crippen LogP contribution in [0.1, 0.15) is 35.2 Å². The van der Waals surface area contributed by atoms with Gasteiger partial charge in [-0.2, -0.15) is 0 Å². The standard InChI is InChI=1S/C15H22N2O2/c1-17-9-5-4-7-13(17)11-16-10-12-6-2-3-8-14(12)15(18)19/h2-3,6,8,13,16H,4-5,7,9-11H2,1H3,(H,18,19). The van der Waals surface area contributed by atoms with Gasteiger partial charge in [0.15, 0.2) is 0 Å². The molecular formula is C15H22N2O2. The highest BCUT2D eigenvalue weighted by molar-refractivity contribution is 5.89. The fourth-order valence-corrected chi connectivity index (χ4v) is 2.66. The Morgan fingerprint density at radius 3 is 2.95 bits per heavy atom. The van der Waals surface area contributed by atoms with Gasteiger partial charge in [-0.05, 0) is 38.1 Å². The van der Waals surface area contributed by atoms with Crippen LogP contribution in [0.2, 0.25) is 0 Å². The molecule has 2 N–H and O–H groups in total. The summed E-state index contributed by atoms with van der Waals surface area (Å²) in [6.07, 6.45) is 3.81. The number of hydrogen-bond donors (Lipinski definition) is 2. The number of carbonyl (C=O) groups is 1. The predicted molar refractivity (Wildman–Crippen MR) is 75.4 cm³/mol. The molecule has 1 heterocycles. The summed E-state index contributed by atoms with van der Waals surface area (Å²) in [5, 5.41) is 12.5. The van der Waals surface area contributed by atoms with Crippen molar-refractivity contribution in [3.05, 3.63) is 35.4 Å². The van der Waals surface area contributed by atoms with Crippen molar-refractivity contribution in [2.75, 3.05) is 20.1 Å². The minimum atomic E-state index is -0.854. The zero-order chi connectivity index (χ0) is 13.7. The molecule has 0 spiro atoms. The van der Waals surface area contributed by atoms with Crippen LogP contribution in [0.5, 0.6) is 0 Å². The first kappa shape index (κ1) is 14.0. The lowest BCUT2D eigenvalue weighted by Gasteiger charge is -2.32. The number of carboxylic acids is 1. The molecule has 4 heteroatoms. The highest BCUT2D eigenvalue weighted by Crippen LogP contribution is 2.14. The Hall–Kier alpha value is -1.39. The molecule has 1 saturated heterocycles. The maximum atomic E-state index is 11.1. The van der Waals surface area contributed by atoms with E-state index < -0.39 is 5.97 Å². The number of nitrogens with one attached hydrogen (secondary N) is 1. The highest BCUT2D eigenvalue weighted by Gasteiger charge is 2.18. The van der Waals surface area contributed by atoms with Gasteiger partial charge in [-0.1, -0.05) is 24.6 Å². The number of hydrogen-bond acceptors (Lipinski definition) is 3. The van der Waals surface area contributed by atoms with Crippen LogP contribution < -0.4 is 5.32 Å². The minimum absolute atomic E-state index is 0.395. The molecule has 2 rings (SSSR count). The van der Waals surface area contributed by atoms with Gasteiger partial charge in [0.05, 0.1) is 5.56 Å². The van der Waals surface area contributed by atoms with E-state index in [1.54, 1.807) is 12.1 Å². The fourth-order valence-electron chi connectivity index (χ4n) is 2.66. The molecule has 0 radical (unpaired) electrons. The molecular weight excluding hydrogens is 240 g/mol. The first-order valence-electron chi connectivity index (χ1n) is 6.90. The summed E-state index contributed by atoms with van der Waals surface area (Å²) in [5.74, 6) is -0.854. The number of aromatic carboxylic acids is 1. The zero-order valence-corrected chi connectivity index (χ0v) is 11.4. The molecule has 1 aromatic carbocycles. The summed E-state index contributed by atoms with van der Waals surface area (Å²) in [6, 6.07) is 7.76. The van der Waals surface area contributed by atoms with E-state index in [1.165, 1.54) is 19.3 Å². The van der Waals surface area contributed by atoms with E-state index >= 15 is 0 Å². The lowest BCUT2D eigenvalue weighted by Crippen LogP contribution is -2.42. The van der Waals surface area contributed by atoms with Crippen LogP contribution in [0, 0.1) is 0 Å². The summed E-state index contributed by atoms with van der Waals surface area (Å²) >= 11 is 0. The number of nitrogens with zero attached hydrogens (tertiary/aromatic N) is 1. The highest BCUT2D eigenvalue weighted by atomic mass is 16.4. The van der Waals surface area contributed by atoms with Gasteiger partial charge in [-0.25, -0.2) is 4.79 Å². The average molecular weight is 262 g/mol. The lowest BCUT2D eigenvalue weighted by molar-refractivity contribution is 0.0695. The normalized spacial score (nSPS) is 20.4. The topological polar surface area (TPSA) is 52.6 Å². The van der Waals surface area contributed by atoms with E-state index in [9.17, 15) is 4.79 Å². The average Bonchev–Trinajstić information content (AvgIpc) is 2.41. The molecule has 1 aliphatic rings. The van der Waals surface area contributed by atoms with Crippen LogP contribution in [0.15, 0.2) is 24.3 Å². The third-order valence-electron chi connectivity index (χ3n) is 3.86. The van der Waals surface area contributed by atoms with E-state index in [0.717, 1.165) is 18.7 Å². The lowest BCUT2D eigenvalue weighted by atomic mass is 10.0. The van der Waals surface area contributed by atoms with Crippen LogP contribution in [0.4, 0.5) is 0 Å². The number of carboxylic acid groups (broad SMARTS) is 1. The van der Waals surface area contributed by atoms with Crippen molar-refractivity contribution in [2.45, 2.75) is 31.8 Å². The van der Waals surface area contributed by atoms with Crippen LogP contribution in [0.25, 0.3) is 0 Å². The maximum absolute atomic E-state index is 11.1. The summed E-state index contributed by atoms with van der Waals surface area (Å²) in [7, 11) is 2.16. The quantitative estimate of drug-likeness (QED) is 0.851. The molecule has 1 atom stereocenters. The number of likely N-dealkylation sites (N-methyl/N-ethyl adjacent to an activating group) is 1.